The van der Waals surface area contributed by atoms with Crippen molar-refractivity contribution in [3.8, 4) is 0 Å². The molecule has 1 N–H and O–H groups in total. The van der Waals surface area contributed by atoms with Crippen LogP contribution in [0, 0.1) is 0 Å². The minimum absolute atomic E-state index is 0.282. The molecule has 0 saturated carbocycles. The fourth-order valence-corrected chi connectivity index (χ4v) is 3.42. The fraction of sp³-hybridized carbons (Fsp3) is 0.320. The normalized spacial score (nSPS) is 14.2. The summed E-state index contributed by atoms with van der Waals surface area (Å²) >= 11 is 0. The van der Waals surface area contributed by atoms with Crippen molar-refractivity contribution in [2.24, 2.45) is 0 Å². The molecular formula is C25H28N2O4. The third-order valence-electron chi connectivity index (χ3n) is 4.77. The summed E-state index contributed by atoms with van der Waals surface area (Å²) in [5.74, 6) is -0.565. The number of imide groups is 1. The van der Waals surface area contributed by atoms with Crippen molar-refractivity contribution in [2.45, 2.75) is 39.2 Å². The van der Waals surface area contributed by atoms with Gasteiger partial charge in [0.15, 0.2) is 0 Å². The van der Waals surface area contributed by atoms with E-state index in [1.165, 1.54) is 4.90 Å². The van der Waals surface area contributed by atoms with Gasteiger partial charge in [-0.25, -0.2) is 4.79 Å². The van der Waals surface area contributed by atoms with E-state index in [-0.39, 0.29) is 11.8 Å². The average molecular weight is 421 g/mol. The topological polar surface area (TPSA) is 75.7 Å². The molecule has 31 heavy (non-hydrogen) atoms. The zero-order valence-corrected chi connectivity index (χ0v) is 18.2. The average Bonchev–Trinajstić information content (AvgIpc) is 2.98. The monoisotopic (exact) mass is 420 g/mol. The number of nitrogens with one attached hydrogen (secondary N) is 1. The maximum absolute atomic E-state index is 13.2. The summed E-state index contributed by atoms with van der Waals surface area (Å²) in [6, 6.07) is 18.6. The fourth-order valence-electron chi connectivity index (χ4n) is 3.42. The van der Waals surface area contributed by atoms with Crippen LogP contribution in [0.5, 0.6) is 0 Å². The van der Waals surface area contributed by atoms with E-state index in [0.29, 0.717) is 37.1 Å². The minimum Gasteiger partial charge on any atom is -0.444 e. The van der Waals surface area contributed by atoms with Crippen LogP contribution in [0.3, 0.4) is 0 Å². The van der Waals surface area contributed by atoms with Gasteiger partial charge in [0.05, 0.1) is 11.1 Å². The molecule has 2 aromatic rings. The number of ether oxygens (including phenoxy) is 1. The zero-order valence-electron chi connectivity index (χ0n) is 18.2. The zero-order chi connectivity index (χ0) is 22.4. The maximum atomic E-state index is 13.2. The van der Waals surface area contributed by atoms with Crippen molar-refractivity contribution < 1.29 is 19.1 Å². The molecule has 3 rings (SSSR count). The lowest BCUT2D eigenvalue weighted by molar-refractivity contribution is -0.136. The van der Waals surface area contributed by atoms with Gasteiger partial charge in [-0.15, -0.1) is 0 Å². The van der Waals surface area contributed by atoms with Crippen molar-refractivity contribution >= 4 is 29.1 Å². The van der Waals surface area contributed by atoms with Crippen molar-refractivity contribution in [2.75, 3.05) is 13.1 Å². The highest BCUT2D eigenvalue weighted by atomic mass is 16.6. The summed E-state index contributed by atoms with van der Waals surface area (Å²) < 4.78 is 5.20. The molecule has 0 aliphatic carbocycles. The number of unbranched alkanes of at least 4 members (excludes halogenated alkanes) is 1. The summed E-state index contributed by atoms with van der Waals surface area (Å²) in [5.41, 5.74) is 1.78. The number of carbonyl (C=O) groups excluding carboxylic acids is 3. The first-order chi connectivity index (χ1) is 14.8. The third-order valence-corrected chi connectivity index (χ3v) is 4.77. The molecular weight excluding hydrogens is 392 g/mol. The van der Waals surface area contributed by atoms with Crippen LogP contribution < -0.4 is 5.32 Å². The second kappa shape index (κ2) is 9.60. The van der Waals surface area contributed by atoms with E-state index in [0.717, 1.165) is 11.1 Å². The maximum Gasteiger partial charge on any atom is 0.407 e. The summed E-state index contributed by atoms with van der Waals surface area (Å²) in [6.07, 6.45) is 0.731. The van der Waals surface area contributed by atoms with E-state index in [1.54, 1.807) is 20.8 Å². The van der Waals surface area contributed by atoms with Crippen LogP contribution in [0.4, 0.5) is 4.79 Å². The van der Waals surface area contributed by atoms with Crippen LogP contribution in [0.15, 0.2) is 60.7 Å². The summed E-state index contributed by atoms with van der Waals surface area (Å²) in [6.45, 7) is 6.12. The Morgan fingerprint density at radius 1 is 0.839 bits per heavy atom. The van der Waals surface area contributed by atoms with Gasteiger partial charge in [0.2, 0.25) is 0 Å². The molecule has 162 valence electrons. The quantitative estimate of drug-likeness (QED) is 0.536. The van der Waals surface area contributed by atoms with Gasteiger partial charge in [-0.2, -0.15) is 0 Å². The molecule has 6 heteroatoms. The van der Waals surface area contributed by atoms with Crippen LogP contribution >= 0.6 is 0 Å². The highest BCUT2D eigenvalue weighted by molar-refractivity contribution is 6.48. The molecule has 1 aliphatic heterocycles. The van der Waals surface area contributed by atoms with Crippen molar-refractivity contribution in [3.63, 3.8) is 0 Å². The Kier molecular flexibility index (Phi) is 6.90. The predicted octanol–water partition coefficient (Wildman–Crippen LogP) is 4.27. The van der Waals surface area contributed by atoms with E-state index >= 15 is 0 Å². The number of hydrogen-bond acceptors (Lipinski definition) is 4. The number of hydrogen-bond donors (Lipinski definition) is 1. The van der Waals surface area contributed by atoms with E-state index in [1.807, 2.05) is 60.7 Å². The molecule has 0 bridgehead atoms. The molecule has 0 spiro atoms. The molecule has 6 nitrogen and oxygen atoms in total. The van der Waals surface area contributed by atoms with Crippen molar-refractivity contribution in [1.29, 1.82) is 0 Å². The van der Waals surface area contributed by atoms with Gasteiger partial charge in [-0.1, -0.05) is 60.7 Å². The third kappa shape index (κ3) is 5.60. The first kappa shape index (κ1) is 22.3. The lowest BCUT2D eigenvalue weighted by Crippen LogP contribution is -2.34. The highest BCUT2D eigenvalue weighted by Gasteiger charge is 2.38. The lowest BCUT2D eigenvalue weighted by Gasteiger charge is -2.20. The molecule has 0 unspecified atom stereocenters. The largest absolute Gasteiger partial charge is 0.444 e. The molecule has 0 atom stereocenters. The second-order valence-corrected chi connectivity index (χ2v) is 8.38. The van der Waals surface area contributed by atoms with E-state index in [9.17, 15) is 14.4 Å². The van der Waals surface area contributed by atoms with E-state index in [2.05, 4.69) is 5.32 Å². The Labute approximate surface area is 182 Å². The summed E-state index contributed by atoms with van der Waals surface area (Å²) in [4.78, 5) is 39.4. The molecule has 3 amide bonds. The Morgan fingerprint density at radius 3 is 1.77 bits per heavy atom. The molecule has 2 aromatic carbocycles. The predicted molar refractivity (Wildman–Crippen MR) is 120 cm³/mol. The van der Waals surface area contributed by atoms with Gasteiger partial charge in [0, 0.05) is 13.1 Å². The number of rotatable bonds is 7. The Bertz CT molecular complexity index is 914. The Hall–Kier alpha value is -3.41. The van der Waals surface area contributed by atoms with Gasteiger partial charge >= 0.3 is 6.09 Å². The molecule has 0 saturated heterocycles. The van der Waals surface area contributed by atoms with E-state index < -0.39 is 11.7 Å². The number of benzene rings is 2. The standard InChI is InChI=1S/C25H28N2O4/c1-25(2,3)31-24(30)26-16-10-11-17-27-22(28)20(18-12-6-4-7-13-18)21(23(27)29)19-14-8-5-9-15-19/h4-9,12-15H,10-11,16-17H2,1-3H3,(H,26,30). The smallest absolute Gasteiger partial charge is 0.407 e. The van der Waals surface area contributed by atoms with Gasteiger partial charge in [0.1, 0.15) is 5.60 Å². The Morgan fingerprint density at radius 2 is 1.32 bits per heavy atom. The number of carbonyl (C=O) groups is 3. The van der Waals surface area contributed by atoms with Crippen LogP contribution in [-0.2, 0) is 14.3 Å². The Balaban J connectivity index is 1.67. The van der Waals surface area contributed by atoms with Crippen LogP contribution in [0.2, 0.25) is 0 Å². The lowest BCUT2D eigenvalue weighted by atomic mass is 9.96. The van der Waals surface area contributed by atoms with Gasteiger partial charge < -0.3 is 10.1 Å². The summed E-state index contributed by atoms with van der Waals surface area (Å²) in [5, 5.41) is 2.70. The number of nitrogens with zero attached hydrogens (tertiary/aromatic N) is 1. The number of alkyl carbamates (subject to hydrolysis) is 1. The molecule has 1 aliphatic rings. The SMILES string of the molecule is CC(C)(C)OC(=O)NCCCCN1C(=O)C(c2ccccc2)=C(c2ccccc2)C1=O. The van der Waals surface area contributed by atoms with Gasteiger partial charge in [0.25, 0.3) is 11.8 Å². The van der Waals surface area contributed by atoms with Crippen molar-refractivity contribution in [3.05, 3.63) is 71.8 Å². The minimum atomic E-state index is -0.550. The summed E-state index contributed by atoms with van der Waals surface area (Å²) in [7, 11) is 0. The number of amides is 3. The van der Waals surface area contributed by atoms with E-state index in [4.69, 9.17) is 4.74 Å². The van der Waals surface area contributed by atoms with Crippen LogP contribution in [-0.4, -0.2) is 41.5 Å². The molecule has 0 aromatic heterocycles. The van der Waals surface area contributed by atoms with Gasteiger partial charge in [-0.3, -0.25) is 14.5 Å². The van der Waals surface area contributed by atoms with Crippen LogP contribution in [0.25, 0.3) is 11.1 Å². The first-order valence-corrected chi connectivity index (χ1v) is 10.5. The molecule has 1 heterocycles. The van der Waals surface area contributed by atoms with Crippen LogP contribution in [0.1, 0.15) is 44.7 Å². The first-order valence-electron chi connectivity index (χ1n) is 10.5. The van der Waals surface area contributed by atoms with Gasteiger partial charge in [-0.05, 0) is 44.7 Å². The highest BCUT2D eigenvalue weighted by Crippen LogP contribution is 2.35. The molecule has 0 fully saturated rings. The van der Waals surface area contributed by atoms with Crippen molar-refractivity contribution in [1.82, 2.24) is 10.2 Å². The second-order valence-electron chi connectivity index (χ2n) is 8.38. The molecule has 0 radical (unpaired) electrons.